The zero-order chi connectivity index (χ0) is 12.4. The Balaban J connectivity index is 1.98. The highest BCUT2D eigenvalue weighted by Crippen LogP contribution is 2.29. The number of hydrogen-bond acceptors (Lipinski definition) is 3. The second-order valence-electron chi connectivity index (χ2n) is 5.05. The molecule has 1 aliphatic rings. The summed E-state index contributed by atoms with van der Waals surface area (Å²) in [5.74, 6) is 1.43. The highest BCUT2D eigenvalue weighted by Gasteiger charge is 2.28. The van der Waals surface area contributed by atoms with Crippen molar-refractivity contribution in [1.29, 1.82) is 0 Å². The molecular formula is C12H20N4O. The SMILES string of the molecule is CC1CCCC(NC(=O)c2cc(N)n[nH]2)C1C. The lowest BCUT2D eigenvalue weighted by molar-refractivity contribution is 0.0886. The Hall–Kier alpha value is -1.52. The molecule has 1 heterocycles. The molecule has 17 heavy (non-hydrogen) atoms. The number of amides is 1. The van der Waals surface area contributed by atoms with Gasteiger partial charge in [0, 0.05) is 12.1 Å². The summed E-state index contributed by atoms with van der Waals surface area (Å²) in [4.78, 5) is 11.9. The predicted octanol–water partition coefficient (Wildman–Crippen LogP) is 1.55. The van der Waals surface area contributed by atoms with E-state index in [-0.39, 0.29) is 11.9 Å². The van der Waals surface area contributed by atoms with Crippen molar-refractivity contribution < 1.29 is 4.79 Å². The van der Waals surface area contributed by atoms with Gasteiger partial charge < -0.3 is 11.1 Å². The number of aromatic amines is 1. The lowest BCUT2D eigenvalue weighted by atomic mass is 9.78. The van der Waals surface area contributed by atoms with Crippen LogP contribution in [0.5, 0.6) is 0 Å². The Morgan fingerprint density at radius 2 is 2.29 bits per heavy atom. The minimum absolute atomic E-state index is 0.111. The standard InChI is InChI=1S/C12H20N4O/c1-7-4-3-5-9(8(7)2)14-12(17)10-6-11(13)16-15-10/h6-9H,3-5H2,1-2H3,(H,14,17)(H3,13,15,16). The first kappa shape index (κ1) is 12.0. The molecule has 1 aromatic heterocycles. The quantitative estimate of drug-likeness (QED) is 0.728. The molecule has 1 aromatic rings. The summed E-state index contributed by atoms with van der Waals surface area (Å²) in [6.45, 7) is 4.45. The molecule has 0 aromatic carbocycles. The molecule has 4 N–H and O–H groups in total. The maximum atomic E-state index is 11.9. The van der Waals surface area contributed by atoms with Crippen LogP contribution in [-0.4, -0.2) is 22.1 Å². The molecule has 1 aliphatic carbocycles. The van der Waals surface area contributed by atoms with E-state index in [0.717, 1.165) is 6.42 Å². The van der Waals surface area contributed by atoms with Gasteiger partial charge in [-0.1, -0.05) is 26.7 Å². The topological polar surface area (TPSA) is 83.8 Å². The minimum Gasteiger partial charge on any atom is -0.382 e. The van der Waals surface area contributed by atoms with E-state index in [1.807, 2.05) is 0 Å². The average Bonchev–Trinajstić information content (AvgIpc) is 2.72. The molecule has 5 heteroatoms. The largest absolute Gasteiger partial charge is 0.382 e. The molecule has 1 saturated carbocycles. The van der Waals surface area contributed by atoms with Crippen LogP contribution >= 0.6 is 0 Å². The van der Waals surface area contributed by atoms with Gasteiger partial charge in [-0.3, -0.25) is 9.89 Å². The van der Waals surface area contributed by atoms with Crippen LogP contribution in [0.15, 0.2) is 6.07 Å². The third-order valence-electron chi connectivity index (χ3n) is 3.87. The number of aromatic nitrogens is 2. The van der Waals surface area contributed by atoms with Gasteiger partial charge in [-0.25, -0.2) is 0 Å². The van der Waals surface area contributed by atoms with Crippen molar-refractivity contribution in [2.45, 2.75) is 39.2 Å². The van der Waals surface area contributed by atoms with Gasteiger partial charge in [0.15, 0.2) is 0 Å². The summed E-state index contributed by atoms with van der Waals surface area (Å²) in [6, 6.07) is 1.82. The van der Waals surface area contributed by atoms with E-state index in [4.69, 9.17) is 5.73 Å². The van der Waals surface area contributed by atoms with Crippen LogP contribution in [0.4, 0.5) is 5.82 Å². The molecule has 0 bridgehead atoms. The summed E-state index contributed by atoms with van der Waals surface area (Å²) < 4.78 is 0. The number of H-pyrrole nitrogens is 1. The normalized spacial score (nSPS) is 28.9. The molecule has 1 amide bonds. The Kier molecular flexibility index (Phi) is 3.36. The Bertz CT molecular complexity index is 401. The third-order valence-corrected chi connectivity index (χ3v) is 3.87. The highest BCUT2D eigenvalue weighted by atomic mass is 16.2. The number of rotatable bonds is 2. The van der Waals surface area contributed by atoms with Crippen LogP contribution < -0.4 is 11.1 Å². The molecule has 1 fully saturated rings. The van der Waals surface area contributed by atoms with E-state index in [1.165, 1.54) is 12.8 Å². The first-order valence-electron chi connectivity index (χ1n) is 6.19. The fraction of sp³-hybridized carbons (Fsp3) is 0.667. The summed E-state index contributed by atoms with van der Waals surface area (Å²) in [6.07, 6.45) is 3.49. The second kappa shape index (κ2) is 4.77. The van der Waals surface area contributed by atoms with E-state index in [0.29, 0.717) is 23.3 Å². The van der Waals surface area contributed by atoms with Crippen LogP contribution in [0, 0.1) is 11.8 Å². The van der Waals surface area contributed by atoms with Crippen LogP contribution in [0.1, 0.15) is 43.6 Å². The van der Waals surface area contributed by atoms with Crippen LogP contribution in [0.25, 0.3) is 0 Å². The van der Waals surface area contributed by atoms with Crippen molar-refractivity contribution in [2.75, 3.05) is 5.73 Å². The summed E-state index contributed by atoms with van der Waals surface area (Å²) >= 11 is 0. The van der Waals surface area contributed by atoms with Gasteiger partial charge in [-0.15, -0.1) is 0 Å². The van der Waals surface area contributed by atoms with Gasteiger partial charge in [0.1, 0.15) is 11.5 Å². The molecular weight excluding hydrogens is 216 g/mol. The Labute approximate surface area is 101 Å². The van der Waals surface area contributed by atoms with Crippen molar-refractivity contribution in [3.05, 3.63) is 11.8 Å². The van der Waals surface area contributed by atoms with E-state index in [2.05, 4.69) is 29.4 Å². The van der Waals surface area contributed by atoms with Gasteiger partial charge >= 0.3 is 0 Å². The highest BCUT2D eigenvalue weighted by molar-refractivity contribution is 5.93. The fourth-order valence-corrected chi connectivity index (χ4v) is 2.49. The van der Waals surface area contributed by atoms with Gasteiger partial charge in [0.25, 0.3) is 5.91 Å². The zero-order valence-electron chi connectivity index (χ0n) is 10.4. The van der Waals surface area contributed by atoms with Crippen molar-refractivity contribution in [2.24, 2.45) is 11.8 Å². The lowest BCUT2D eigenvalue weighted by Gasteiger charge is -2.34. The monoisotopic (exact) mass is 236 g/mol. The molecule has 0 radical (unpaired) electrons. The second-order valence-corrected chi connectivity index (χ2v) is 5.05. The van der Waals surface area contributed by atoms with Crippen molar-refractivity contribution in [3.8, 4) is 0 Å². The number of nitrogens with zero attached hydrogens (tertiary/aromatic N) is 1. The van der Waals surface area contributed by atoms with Crippen LogP contribution in [-0.2, 0) is 0 Å². The molecule has 3 atom stereocenters. The molecule has 3 unspecified atom stereocenters. The van der Waals surface area contributed by atoms with Gasteiger partial charge in [-0.05, 0) is 18.3 Å². The average molecular weight is 236 g/mol. The summed E-state index contributed by atoms with van der Waals surface area (Å²) in [7, 11) is 0. The molecule has 94 valence electrons. The zero-order valence-corrected chi connectivity index (χ0v) is 10.4. The maximum Gasteiger partial charge on any atom is 0.269 e. The van der Waals surface area contributed by atoms with Gasteiger partial charge in [-0.2, -0.15) is 5.10 Å². The molecule has 0 aliphatic heterocycles. The van der Waals surface area contributed by atoms with E-state index < -0.39 is 0 Å². The van der Waals surface area contributed by atoms with Crippen molar-refractivity contribution in [3.63, 3.8) is 0 Å². The molecule has 0 spiro atoms. The first-order valence-corrected chi connectivity index (χ1v) is 6.19. The fourth-order valence-electron chi connectivity index (χ4n) is 2.49. The minimum atomic E-state index is -0.111. The van der Waals surface area contributed by atoms with Crippen LogP contribution in [0.2, 0.25) is 0 Å². The molecule has 2 rings (SSSR count). The predicted molar refractivity (Wildman–Crippen MR) is 66.4 cm³/mol. The number of nitrogens with one attached hydrogen (secondary N) is 2. The van der Waals surface area contributed by atoms with Crippen LogP contribution in [0.3, 0.4) is 0 Å². The number of nitrogens with two attached hydrogens (primary N) is 1. The number of nitrogen functional groups attached to an aromatic ring is 1. The van der Waals surface area contributed by atoms with Crippen molar-refractivity contribution >= 4 is 11.7 Å². The maximum absolute atomic E-state index is 11.9. The third kappa shape index (κ3) is 2.60. The summed E-state index contributed by atoms with van der Waals surface area (Å²) in [5.41, 5.74) is 5.91. The molecule has 5 nitrogen and oxygen atoms in total. The number of carbonyl (C=O) groups is 1. The van der Waals surface area contributed by atoms with E-state index in [9.17, 15) is 4.79 Å². The number of carbonyl (C=O) groups excluding carboxylic acids is 1. The van der Waals surface area contributed by atoms with E-state index >= 15 is 0 Å². The first-order chi connectivity index (χ1) is 8.08. The van der Waals surface area contributed by atoms with Crippen molar-refractivity contribution in [1.82, 2.24) is 15.5 Å². The lowest BCUT2D eigenvalue weighted by Crippen LogP contribution is -2.43. The van der Waals surface area contributed by atoms with E-state index in [1.54, 1.807) is 6.07 Å². The van der Waals surface area contributed by atoms with Gasteiger partial charge in [0.05, 0.1) is 0 Å². The summed E-state index contributed by atoms with van der Waals surface area (Å²) in [5, 5.41) is 9.45. The van der Waals surface area contributed by atoms with Gasteiger partial charge in [0.2, 0.25) is 0 Å². The smallest absolute Gasteiger partial charge is 0.269 e. The molecule has 0 saturated heterocycles. The number of hydrogen-bond donors (Lipinski definition) is 3. The number of anilines is 1. The Morgan fingerprint density at radius 3 is 2.94 bits per heavy atom. The Morgan fingerprint density at radius 1 is 1.53 bits per heavy atom.